The van der Waals surface area contributed by atoms with E-state index in [1.165, 1.54) is 11.8 Å². The number of nitrogens with zero attached hydrogens (tertiary/aromatic N) is 3. The molecule has 3 rings (SSSR count). The summed E-state index contributed by atoms with van der Waals surface area (Å²) in [6, 6.07) is 7.58. The van der Waals surface area contributed by atoms with E-state index in [9.17, 15) is 4.79 Å². The molecule has 0 aliphatic rings. The largest absolute Gasteiger partial charge is 0.495 e. The Bertz CT molecular complexity index is 980. The van der Waals surface area contributed by atoms with Gasteiger partial charge in [-0.15, -0.1) is 10.2 Å². The van der Waals surface area contributed by atoms with E-state index in [1.807, 2.05) is 38.1 Å². The van der Waals surface area contributed by atoms with E-state index < -0.39 is 0 Å². The van der Waals surface area contributed by atoms with Crippen LogP contribution in [0.4, 0.5) is 5.69 Å². The van der Waals surface area contributed by atoms with Gasteiger partial charge in [0.15, 0.2) is 11.0 Å². The van der Waals surface area contributed by atoms with Crippen LogP contribution in [0.5, 0.6) is 5.75 Å². The Morgan fingerprint density at radius 2 is 2.10 bits per heavy atom. The van der Waals surface area contributed by atoms with Crippen LogP contribution in [0.2, 0.25) is 0 Å². The van der Waals surface area contributed by atoms with Crippen LogP contribution in [-0.2, 0) is 11.3 Å². The monoisotopic (exact) mass is 414 g/mol. The molecule has 0 fully saturated rings. The first-order chi connectivity index (χ1) is 14.0. The number of hydrogen-bond acceptors (Lipinski definition) is 6. The molecule has 0 radical (unpaired) electrons. The highest BCUT2D eigenvalue weighted by Gasteiger charge is 2.18. The molecule has 7 nitrogen and oxygen atoms in total. The second-order valence-corrected chi connectivity index (χ2v) is 7.68. The first-order valence-corrected chi connectivity index (χ1v) is 10.6. The third-order valence-electron chi connectivity index (χ3n) is 4.51. The topological polar surface area (TPSA) is 82.2 Å². The molecule has 2 heterocycles. The van der Waals surface area contributed by atoms with Crippen LogP contribution in [0, 0.1) is 13.8 Å². The molecule has 3 aromatic rings. The summed E-state index contributed by atoms with van der Waals surface area (Å²) in [5.74, 6) is 2.32. The van der Waals surface area contributed by atoms with Crippen LogP contribution in [-0.4, -0.2) is 33.5 Å². The summed E-state index contributed by atoms with van der Waals surface area (Å²) in [5, 5.41) is 12.3. The number of aromatic nitrogens is 3. The molecule has 1 amide bonds. The van der Waals surface area contributed by atoms with Crippen molar-refractivity contribution in [1.82, 2.24) is 14.8 Å². The van der Waals surface area contributed by atoms with E-state index in [0.717, 1.165) is 47.3 Å². The minimum Gasteiger partial charge on any atom is -0.495 e. The summed E-state index contributed by atoms with van der Waals surface area (Å²) in [7, 11) is 1.59. The van der Waals surface area contributed by atoms with Crippen molar-refractivity contribution in [3.8, 4) is 17.1 Å². The van der Waals surface area contributed by atoms with Crippen molar-refractivity contribution in [3.05, 3.63) is 41.9 Å². The van der Waals surface area contributed by atoms with Gasteiger partial charge < -0.3 is 19.0 Å². The third-order valence-corrected chi connectivity index (χ3v) is 5.48. The van der Waals surface area contributed by atoms with Crippen molar-refractivity contribution >= 4 is 23.4 Å². The highest BCUT2D eigenvalue weighted by atomic mass is 32.2. The molecule has 0 atom stereocenters. The molecule has 0 aliphatic carbocycles. The van der Waals surface area contributed by atoms with Crippen molar-refractivity contribution in [2.24, 2.45) is 0 Å². The average Bonchev–Trinajstić information content (AvgIpc) is 3.30. The Hall–Kier alpha value is -2.74. The molecule has 1 aromatic carbocycles. The normalized spacial score (nSPS) is 10.9. The van der Waals surface area contributed by atoms with Gasteiger partial charge in [-0.1, -0.05) is 31.2 Å². The Labute approximate surface area is 174 Å². The quantitative estimate of drug-likeness (QED) is 0.511. The summed E-state index contributed by atoms with van der Waals surface area (Å²) in [5.41, 5.74) is 2.64. The summed E-state index contributed by atoms with van der Waals surface area (Å²) in [6.45, 7) is 6.81. The number of rotatable bonds is 9. The van der Waals surface area contributed by atoms with Gasteiger partial charge in [0.25, 0.3) is 0 Å². The Morgan fingerprint density at radius 3 is 2.79 bits per heavy atom. The first-order valence-electron chi connectivity index (χ1n) is 9.58. The van der Waals surface area contributed by atoms with E-state index in [4.69, 9.17) is 9.15 Å². The molecule has 0 unspecified atom stereocenters. The smallest absolute Gasteiger partial charge is 0.234 e. The molecule has 29 heavy (non-hydrogen) atoms. The molecule has 1 N–H and O–H groups in total. The number of methoxy groups -OCH3 is 1. The molecular formula is C21H26N4O3S. The maximum atomic E-state index is 12.5. The van der Waals surface area contributed by atoms with Crippen LogP contribution < -0.4 is 10.1 Å². The number of ether oxygens (including phenoxy) is 1. The van der Waals surface area contributed by atoms with E-state index >= 15 is 0 Å². The zero-order valence-corrected chi connectivity index (χ0v) is 18.0. The zero-order chi connectivity index (χ0) is 20.8. The average molecular weight is 415 g/mol. The first kappa shape index (κ1) is 21.0. The lowest BCUT2D eigenvalue weighted by Gasteiger charge is -2.11. The van der Waals surface area contributed by atoms with Crippen molar-refractivity contribution in [3.63, 3.8) is 0 Å². The van der Waals surface area contributed by atoms with Crippen LogP contribution in [0.3, 0.4) is 0 Å². The van der Waals surface area contributed by atoms with E-state index in [1.54, 1.807) is 13.4 Å². The molecule has 0 spiro atoms. The van der Waals surface area contributed by atoms with Gasteiger partial charge in [0.05, 0.1) is 30.4 Å². The van der Waals surface area contributed by atoms with Gasteiger partial charge in [-0.05, 0) is 44.0 Å². The number of unbranched alkanes of at least 4 members (excludes halogenated alkanes) is 1. The number of nitrogens with one attached hydrogen (secondary N) is 1. The minimum absolute atomic E-state index is 0.120. The predicted octanol–water partition coefficient (Wildman–Crippen LogP) is 4.69. The Balaban J connectivity index is 1.73. The number of furan rings is 1. The summed E-state index contributed by atoms with van der Waals surface area (Å²) in [6.07, 6.45) is 3.71. The fourth-order valence-electron chi connectivity index (χ4n) is 2.97. The number of carbonyl (C=O) groups excluding carboxylic acids is 1. The van der Waals surface area contributed by atoms with Crippen molar-refractivity contribution < 1.29 is 13.9 Å². The Kier molecular flexibility index (Phi) is 6.98. The van der Waals surface area contributed by atoms with Crippen LogP contribution in [0.15, 0.2) is 40.1 Å². The Morgan fingerprint density at radius 1 is 1.28 bits per heavy atom. The van der Waals surface area contributed by atoms with Crippen molar-refractivity contribution in [2.45, 2.75) is 45.3 Å². The van der Waals surface area contributed by atoms with Crippen molar-refractivity contribution in [1.29, 1.82) is 0 Å². The van der Waals surface area contributed by atoms with Gasteiger partial charge in [-0.3, -0.25) is 4.79 Å². The summed E-state index contributed by atoms with van der Waals surface area (Å²) < 4.78 is 12.8. The highest BCUT2D eigenvalue weighted by Crippen LogP contribution is 2.28. The number of amides is 1. The standard InChI is InChI=1S/C21H26N4O3S/c1-5-6-10-25-20(16-9-11-28-15(16)3)23-24-21(25)29-13-19(26)22-17-12-14(2)7-8-18(17)27-4/h7-9,11-12H,5-6,10,13H2,1-4H3,(H,22,26). The maximum Gasteiger partial charge on any atom is 0.234 e. The fourth-order valence-corrected chi connectivity index (χ4v) is 3.73. The lowest BCUT2D eigenvalue weighted by molar-refractivity contribution is -0.113. The fraction of sp³-hybridized carbons (Fsp3) is 0.381. The summed E-state index contributed by atoms with van der Waals surface area (Å²) >= 11 is 1.37. The number of aryl methyl sites for hydroxylation is 2. The second-order valence-electron chi connectivity index (χ2n) is 6.74. The molecule has 0 saturated carbocycles. The van der Waals surface area contributed by atoms with Gasteiger partial charge in [-0.25, -0.2) is 0 Å². The molecule has 2 aromatic heterocycles. The summed E-state index contributed by atoms with van der Waals surface area (Å²) in [4.78, 5) is 12.5. The van der Waals surface area contributed by atoms with E-state index in [0.29, 0.717) is 11.4 Å². The minimum atomic E-state index is -0.120. The third kappa shape index (κ3) is 5.00. The van der Waals surface area contributed by atoms with Crippen LogP contribution in [0.25, 0.3) is 11.4 Å². The van der Waals surface area contributed by atoms with Crippen LogP contribution >= 0.6 is 11.8 Å². The lowest BCUT2D eigenvalue weighted by Crippen LogP contribution is -2.15. The molecular weight excluding hydrogens is 388 g/mol. The van der Waals surface area contributed by atoms with Gasteiger partial charge in [0.1, 0.15) is 11.5 Å². The molecule has 0 saturated heterocycles. The predicted molar refractivity (Wildman–Crippen MR) is 114 cm³/mol. The zero-order valence-electron chi connectivity index (χ0n) is 17.2. The SMILES string of the molecule is CCCCn1c(SCC(=O)Nc2cc(C)ccc2OC)nnc1-c1ccoc1C. The van der Waals surface area contributed by atoms with E-state index in [-0.39, 0.29) is 11.7 Å². The highest BCUT2D eigenvalue weighted by molar-refractivity contribution is 7.99. The lowest BCUT2D eigenvalue weighted by atomic mass is 10.2. The molecule has 0 bridgehead atoms. The maximum absolute atomic E-state index is 12.5. The number of hydrogen-bond donors (Lipinski definition) is 1. The number of thioether (sulfide) groups is 1. The van der Waals surface area contributed by atoms with Gasteiger partial charge >= 0.3 is 0 Å². The number of carbonyl (C=O) groups is 1. The van der Waals surface area contributed by atoms with E-state index in [2.05, 4.69) is 27.0 Å². The van der Waals surface area contributed by atoms with Gasteiger partial charge in [0.2, 0.25) is 5.91 Å². The van der Waals surface area contributed by atoms with Gasteiger partial charge in [-0.2, -0.15) is 0 Å². The second kappa shape index (κ2) is 9.65. The molecule has 154 valence electrons. The number of benzene rings is 1. The molecule has 8 heteroatoms. The van der Waals surface area contributed by atoms with Gasteiger partial charge in [0, 0.05) is 6.54 Å². The van der Waals surface area contributed by atoms with Crippen molar-refractivity contribution in [2.75, 3.05) is 18.2 Å². The number of anilines is 1. The van der Waals surface area contributed by atoms with Crippen LogP contribution in [0.1, 0.15) is 31.1 Å². The molecule has 0 aliphatic heterocycles.